The summed E-state index contributed by atoms with van der Waals surface area (Å²) in [6.45, 7) is 3.62. The molecule has 3 rings (SSSR count). The molecular formula is C26H23F3N2O4. The van der Waals surface area contributed by atoms with Crippen molar-refractivity contribution in [2.24, 2.45) is 4.99 Å². The molecule has 0 aromatic heterocycles. The van der Waals surface area contributed by atoms with E-state index in [1.54, 1.807) is 49.4 Å². The van der Waals surface area contributed by atoms with E-state index in [-0.39, 0.29) is 18.7 Å². The Labute approximate surface area is 200 Å². The van der Waals surface area contributed by atoms with Crippen molar-refractivity contribution in [1.29, 1.82) is 0 Å². The third-order valence-corrected chi connectivity index (χ3v) is 5.03. The summed E-state index contributed by atoms with van der Waals surface area (Å²) in [5.74, 6) is -1.00. The number of carboxylic acids is 1. The highest BCUT2D eigenvalue weighted by molar-refractivity contribution is 6.01. The van der Waals surface area contributed by atoms with Crippen LogP contribution in [0.1, 0.15) is 40.4 Å². The lowest BCUT2D eigenvalue weighted by atomic mass is 10.1. The van der Waals surface area contributed by atoms with Gasteiger partial charge in [0, 0.05) is 17.8 Å². The smallest absolute Gasteiger partial charge is 0.416 e. The van der Waals surface area contributed by atoms with Gasteiger partial charge in [-0.15, -0.1) is 0 Å². The molecule has 0 saturated carbocycles. The summed E-state index contributed by atoms with van der Waals surface area (Å²) >= 11 is 0. The molecule has 0 aliphatic rings. The molecule has 0 radical (unpaired) electrons. The van der Waals surface area contributed by atoms with Crippen molar-refractivity contribution < 1.29 is 32.6 Å². The van der Waals surface area contributed by atoms with Crippen LogP contribution in [0, 0.1) is 6.92 Å². The van der Waals surface area contributed by atoms with Crippen LogP contribution in [0.3, 0.4) is 0 Å². The molecule has 182 valence electrons. The van der Waals surface area contributed by atoms with Crippen LogP contribution in [-0.2, 0) is 11.0 Å². The standard InChI is InChI=1S/C26H23F3N2O4/c1-16-9-10-19(25(34)30-12-11-24(32)33)14-23(16)31-17(2)18-5-3-7-21(13-18)35-22-8-4-6-20(15-22)26(27,28)29/h3-10,13-15H,11-12H2,1-2H3,(H,30,34)(H,32,33). The van der Waals surface area contributed by atoms with Crippen molar-refractivity contribution in [2.75, 3.05) is 6.54 Å². The normalized spacial score (nSPS) is 11.7. The number of carbonyl (C=O) groups is 2. The molecule has 6 nitrogen and oxygen atoms in total. The number of hydrogen-bond donors (Lipinski definition) is 2. The number of aliphatic carboxylic acids is 1. The largest absolute Gasteiger partial charge is 0.481 e. The van der Waals surface area contributed by atoms with Crippen LogP contribution >= 0.6 is 0 Å². The number of nitrogens with one attached hydrogen (secondary N) is 1. The highest BCUT2D eigenvalue weighted by atomic mass is 19.4. The molecule has 3 aromatic carbocycles. The first kappa shape index (κ1) is 25.5. The van der Waals surface area contributed by atoms with Gasteiger partial charge < -0.3 is 15.2 Å². The van der Waals surface area contributed by atoms with Gasteiger partial charge in [0.2, 0.25) is 0 Å². The van der Waals surface area contributed by atoms with Gasteiger partial charge >= 0.3 is 12.1 Å². The van der Waals surface area contributed by atoms with Crippen molar-refractivity contribution >= 4 is 23.3 Å². The average Bonchev–Trinajstić information content (AvgIpc) is 2.80. The zero-order valence-corrected chi connectivity index (χ0v) is 19.0. The molecule has 0 atom stereocenters. The molecule has 2 N–H and O–H groups in total. The minimum absolute atomic E-state index is 0.0122. The van der Waals surface area contributed by atoms with Crippen LogP contribution in [0.4, 0.5) is 18.9 Å². The fourth-order valence-corrected chi connectivity index (χ4v) is 3.16. The molecule has 3 aromatic rings. The third kappa shape index (κ3) is 7.17. The summed E-state index contributed by atoms with van der Waals surface area (Å²) in [5, 5.41) is 11.3. The zero-order valence-electron chi connectivity index (χ0n) is 19.0. The summed E-state index contributed by atoms with van der Waals surface area (Å²) < 4.78 is 44.5. The number of carbonyl (C=O) groups excluding carboxylic acids is 1. The highest BCUT2D eigenvalue weighted by Crippen LogP contribution is 2.33. The van der Waals surface area contributed by atoms with Crippen LogP contribution in [0.25, 0.3) is 0 Å². The van der Waals surface area contributed by atoms with E-state index in [0.29, 0.717) is 28.3 Å². The van der Waals surface area contributed by atoms with Crippen molar-refractivity contribution in [3.63, 3.8) is 0 Å². The summed E-state index contributed by atoms with van der Waals surface area (Å²) in [4.78, 5) is 27.6. The lowest BCUT2D eigenvalue weighted by Gasteiger charge is -2.11. The predicted molar refractivity (Wildman–Crippen MR) is 126 cm³/mol. The van der Waals surface area contributed by atoms with E-state index in [2.05, 4.69) is 10.3 Å². The summed E-state index contributed by atoms with van der Waals surface area (Å²) in [6, 6.07) is 16.4. The average molecular weight is 484 g/mol. The van der Waals surface area contributed by atoms with Crippen LogP contribution in [0.2, 0.25) is 0 Å². The second-order valence-corrected chi connectivity index (χ2v) is 7.75. The number of carboxylic acid groups (broad SMARTS) is 1. The maximum atomic E-state index is 13.0. The van der Waals surface area contributed by atoms with Gasteiger partial charge in [-0.1, -0.05) is 24.3 Å². The molecule has 0 aliphatic carbocycles. The Morgan fingerprint density at radius 3 is 2.34 bits per heavy atom. The van der Waals surface area contributed by atoms with Gasteiger partial charge in [-0.3, -0.25) is 14.6 Å². The van der Waals surface area contributed by atoms with E-state index >= 15 is 0 Å². The number of benzene rings is 3. The maximum Gasteiger partial charge on any atom is 0.416 e. The number of ether oxygens (including phenoxy) is 1. The van der Waals surface area contributed by atoms with Gasteiger partial charge in [-0.2, -0.15) is 13.2 Å². The molecule has 0 unspecified atom stereocenters. The first-order valence-electron chi connectivity index (χ1n) is 10.6. The lowest BCUT2D eigenvalue weighted by molar-refractivity contribution is -0.138. The van der Waals surface area contributed by atoms with Crippen LogP contribution in [0.5, 0.6) is 11.5 Å². The number of alkyl halides is 3. The number of aliphatic imine (C=N–C) groups is 1. The molecule has 0 aliphatic heterocycles. The number of aryl methyl sites for hydroxylation is 1. The fourth-order valence-electron chi connectivity index (χ4n) is 3.16. The van der Waals surface area contributed by atoms with E-state index < -0.39 is 23.6 Å². The highest BCUT2D eigenvalue weighted by Gasteiger charge is 2.30. The Hall–Kier alpha value is -4.14. The van der Waals surface area contributed by atoms with Gasteiger partial charge in [0.15, 0.2) is 0 Å². The molecular weight excluding hydrogens is 461 g/mol. The number of hydrogen-bond acceptors (Lipinski definition) is 4. The van der Waals surface area contributed by atoms with Gasteiger partial charge in [0.1, 0.15) is 11.5 Å². The molecule has 1 amide bonds. The van der Waals surface area contributed by atoms with Crippen molar-refractivity contribution in [1.82, 2.24) is 5.32 Å². The Bertz CT molecular complexity index is 1270. The minimum Gasteiger partial charge on any atom is -0.481 e. The van der Waals surface area contributed by atoms with Crippen LogP contribution < -0.4 is 10.1 Å². The van der Waals surface area contributed by atoms with E-state index in [0.717, 1.165) is 17.7 Å². The summed E-state index contributed by atoms with van der Waals surface area (Å²) in [7, 11) is 0. The Morgan fingerprint density at radius 1 is 0.971 bits per heavy atom. The Kier molecular flexibility index (Phi) is 7.91. The number of halogens is 3. The second-order valence-electron chi connectivity index (χ2n) is 7.75. The maximum absolute atomic E-state index is 13.0. The van der Waals surface area contributed by atoms with Gasteiger partial charge in [0.05, 0.1) is 17.7 Å². The van der Waals surface area contributed by atoms with E-state index in [4.69, 9.17) is 9.84 Å². The van der Waals surface area contributed by atoms with Gasteiger partial charge in [-0.05, 0) is 67.4 Å². The SMILES string of the molecule is CC(=Nc1cc(C(=O)NCCC(=O)O)ccc1C)c1cccc(Oc2cccc(C(F)(F)F)c2)c1. The third-order valence-electron chi connectivity index (χ3n) is 5.03. The molecule has 0 heterocycles. The number of nitrogens with zero attached hydrogens (tertiary/aromatic N) is 1. The molecule has 0 spiro atoms. The Morgan fingerprint density at radius 2 is 1.66 bits per heavy atom. The van der Waals surface area contributed by atoms with Gasteiger partial charge in [-0.25, -0.2) is 0 Å². The van der Waals surface area contributed by atoms with E-state index in [1.165, 1.54) is 12.1 Å². The quantitative estimate of drug-likeness (QED) is 0.375. The van der Waals surface area contributed by atoms with Crippen molar-refractivity contribution in [3.8, 4) is 11.5 Å². The molecule has 0 saturated heterocycles. The van der Waals surface area contributed by atoms with Crippen molar-refractivity contribution in [2.45, 2.75) is 26.4 Å². The van der Waals surface area contributed by atoms with Crippen LogP contribution in [0.15, 0.2) is 71.7 Å². The first-order valence-corrected chi connectivity index (χ1v) is 10.6. The lowest BCUT2D eigenvalue weighted by Crippen LogP contribution is -2.25. The van der Waals surface area contributed by atoms with Crippen molar-refractivity contribution in [3.05, 3.63) is 89.0 Å². The number of rotatable bonds is 8. The van der Waals surface area contributed by atoms with Gasteiger partial charge in [0.25, 0.3) is 5.91 Å². The monoisotopic (exact) mass is 484 g/mol. The molecule has 0 bridgehead atoms. The Balaban J connectivity index is 1.80. The minimum atomic E-state index is -4.47. The van der Waals surface area contributed by atoms with E-state index in [1.807, 2.05) is 6.92 Å². The summed E-state index contributed by atoms with van der Waals surface area (Å²) in [5.41, 5.74) is 2.21. The molecule has 35 heavy (non-hydrogen) atoms. The predicted octanol–water partition coefficient (Wildman–Crippen LogP) is 6.15. The molecule has 0 fully saturated rings. The second kappa shape index (κ2) is 10.9. The zero-order chi connectivity index (χ0) is 25.6. The number of amides is 1. The fraction of sp³-hybridized carbons (Fsp3) is 0.192. The topological polar surface area (TPSA) is 88.0 Å². The molecule has 9 heteroatoms. The van der Waals surface area contributed by atoms with Crippen LogP contribution in [-0.4, -0.2) is 29.2 Å². The summed E-state index contributed by atoms with van der Waals surface area (Å²) in [6.07, 6.45) is -4.65. The first-order chi connectivity index (χ1) is 16.5. The van der Waals surface area contributed by atoms with E-state index in [9.17, 15) is 22.8 Å².